The van der Waals surface area contributed by atoms with Gasteiger partial charge in [-0.15, -0.1) is 0 Å². The lowest BCUT2D eigenvalue weighted by Gasteiger charge is -2.36. The first-order valence-corrected chi connectivity index (χ1v) is 7.07. The third-order valence-corrected chi connectivity index (χ3v) is 3.37. The van der Waals surface area contributed by atoms with Gasteiger partial charge in [-0.3, -0.25) is 4.90 Å². The standard InChI is InChI=1S/C15H21ClN2O4/c1-14(2,3)22-13(20)18(5)15(4,9-19)10-7-8-11(16)17-12(10)21-6/h7-9H,1-6H3. The Labute approximate surface area is 135 Å². The van der Waals surface area contributed by atoms with Gasteiger partial charge in [-0.1, -0.05) is 11.6 Å². The van der Waals surface area contributed by atoms with E-state index in [0.29, 0.717) is 11.8 Å². The van der Waals surface area contributed by atoms with E-state index in [4.69, 9.17) is 21.1 Å². The summed E-state index contributed by atoms with van der Waals surface area (Å²) in [5, 5.41) is 0.230. The molecular weight excluding hydrogens is 308 g/mol. The highest BCUT2D eigenvalue weighted by Gasteiger charge is 2.39. The SMILES string of the molecule is COc1nc(Cl)ccc1C(C)(C=O)N(C)C(=O)OC(C)(C)C. The Morgan fingerprint density at radius 3 is 2.36 bits per heavy atom. The molecule has 122 valence electrons. The summed E-state index contributed by atoms with van der Waals surface area (Å²) in [4.78, 5) is 29.2. The average Bonchev–Trinajstić information content (AvgIpc) is 2.43. The molecule has 1 aromatic rings. The van der Waals surface area contributed by atoms with Crippen molar-refractivity contribution in [2.24, 2.45) is 0 Å². The first-order valence-electron chi connectivity index (χ1n) is 6.69. The van der Waals surface area contributed by atoms with Gasteiger partial charge in [0.15, 0.2) is 0 Å². The van der Waals surface area contributed by atoms with Crippen molar-refractivity contribution in [3.63, 3.8) is 0 Å². The number of aldehydes is 1. The third kappa shape index (κ3) is 3.88. The number of pyridine rings is 1. The summed E-state index contributed by atoms with van der Waals surface area (Å²) >= 11 is 5.83. The first-order chi connectivity index (χ1) is 10.0. The van der Waals surface area contributed by atoms with Gasteiger partial charge < -0.3 is 14.3 Å². The first kappa shape index (κ1) is 18.2. The van der Waals surface area contributed by atoms with E-state index >= 15 is 0 Å². The van der Waals surface area contributed by atoms with Gasteiger partial charge in [0.05, 0.1) is 7.11 Å². The lowest BCUT2D eigenvalue weighted by molar-refractivity contribution is -0.117. The number of methoxy groups -OCH3 is 1. The summed E-state index contributed by atoms with van der Waals surface area (Å²) in [6.07, 6.45) is 0.0174. The Balaban J connectivity index is 3.26. The maximum Gasteiger partial charge on any atom is 0.411 e. The molecule has 1 aromatic heterocycles. The van der Waals surface area contributed by atoms with Crippen LogP contribution in [-0.4, -0.2) is 42.0 Å². The van der Waals surface area contributed by atoms with Gasteiger partial charge in [-0.05, 0) is 39.8 Å². The zero-order chi connectivity index (χ0) is 17.1. The highest BCUT2D eigenvalue weighted by molar-refractivity contribution is 6.29. The number of likely N-dealkylation sites (N-methyl/N-ethyl adjacent to an activating group) is 1. The third-order valence-electron chi connectivity index (χ3n) is 3.16. The van der Waals surface area contributed by atoms with Gasteiger partial charge in [0.1, 0.15) is 22.6 Å². The number of rotatable bonds is 4. The topological polar surface area (TPSA) is 68.7 Å². The monoisotopic (exact) mass is 328 g/mol. The minimum atomic E-state index is -1.30. The Morgan fingerprint density at radius 2 is 1.91 bits per heavy atom. The Kier molecular flexibility index (Phi) is 5.40. The van der Waals surface area contributed by atoms with Gasteiger partial charge in [0.2, 0.25) is 5.88 Å². The molecule has 0 aliphatic carbocycles. The number of hydrogen-bond donors (Lipinski definition) is 0. The van der Waals surface area contributed by atoms with E-state index in [0.717, 1.165) is 0 Å². The molecule has 0 aliphatic heterocycles. The van der Waals surface area contributed by atoms with E-state index in [2.05, 4.69) is 4.98 Å². The summed E-state index contributed by atoms with van der Waals surface area (Å²) in [5.74, 6) is 0.178. The van der Waals surface area contributed by atoms with E-state index in [1.54, 1.807) is 33.8 Å². The molecule has 0 spiro atoms. The van der Waals surface area contributed by atoms with Gasteiger partial charge in [-0.25, -0.2) is 9.78 Å². The minimum Gasteiger partial charge on any atom is -0.481 e. The maximum atomic E-state index is 12.3. The summed E-state index contributed by atoms with van der Waals surface area (Å²) in [7, 11) is 2.90. The van der Waals surface area contributed by atoms with Gasteiger partial charge in [0.25, 0.3) is 0 Å². The number of nitrogens with zero attached hydrogens (tertiary/aromatic N) is 2. The van der Waals surface area contributed by atoms with Crippen LogP contribution >= 0.6 is 11.6 Å². The molecule has 6 nitrogen and oxygen atoms in total. The van der Waals surface area contributed by atoms with Crippen LogP contribution in [0.3, 0.4) is 0 Å². The van der Waals surface area contributed by atoms with Crippen LogP contribution < -0.4 is 4.74 Å². The average molecular weight is 329 g/mol. The van der Waals surface area contributed by atoms with Crippen molar-refractivity contribution in [1.29, 1.82) is 0 Å². The van der Waals surface area contributed by atoms with Crippen molar-refractivity contribution < 1.29 is 19.1 Å². The summed E-state index contributed by atoms with van der Waals surface area (Å²) < 4.78 is 10.5. The fourth-order valence-electron chi connectivity index (χ4n) is 1.80. The second-order valence-corrected chi connectivity index (χ2v) is 6.38. The quantitative estimate of drug-likeness (QED) is 0.627. The highest BCUT2D eigenvalue weighted by Crippen LogP contribution is 2.33. The Morgan fingerprint density at radius 1 is 1.32 bits per heavy atom. The molecule has 0 N–H and O–H groups in total. The zero-order valence-corrected chi connectivity index (χ0v) is 14.4. The molecule has 0 saturated heterocycles. The zero-order valence-electron chi connectivity index (χ0n) is 13.6. The van der Waals surface area contributed by atoms with Crippen LogP contribution in [0.15, 0.2) is 12.1 Å². The normalized spacial score (nSPS) is 14.0. The predicted octanol–water partition coefficient (Wildman–Crippen LogP) is 3.02. The number of halogens is 1. The number of carbonyl (C=O) groups excluding carboxylic acids is 2. The fourth-order valence-corrected chi connectivity index (χ4v) is 1.94. The Hall–Kier alpha value is -1.82. The summed E-state index contributed by atoms with van der Waals surface area (Å²) in [6.45, 7) is 6.83. The molecule has 0 aliphatic rings. The van der Waals surface area contributed by atoms with Crippen LogP contribution in [0.5, 0.6) is 5.88 Å². The molecule has 1 unspecified atom stereocenters. The smallest absolute Gasteiger partial charge is 0.411 e. The minimum absolute atomic E-state index is 0.178. The number of hydrogen-bond acceptors (Lipinski definition) is 5. The summed E-state index contributed by atoms with van der Waals surface area (Å²) in [6, 6.07) is 3.13. The van der Waals surface area contributed by atoms with Crippen molar-refractivity contribution in [2.75, 3.05) is 14.2 Å². The van der Waals surface area contributed by atoms with E-state index < -0.39 is 17.2 Å². The van der Waals surface area contributed by atoms with Crippen LogP contribution in [0.2, 0.25) is 5.15 Å². The van der Waals surface area contributed by atoms with Crippen LogP contribution in [-0.2, 0) is 15.1 Å². The molecule has 22 heavy (non-hydrogen) atoms. The molecule has 1 amide bonds. The largest absolute Gasteiger partial charge is 0.481 e. The van der Waals surface area contributed by atoms with Crippen molar-refractivity contribution >= 4 is 24.0 Å². The molecule has 0 saturated carbocycles. The molecule has 1 rings (SSSR count). The van der Waals surface area contributed by atoms with Crippen LogP contribution in [0.1, 0.15) is 33.3 Å². The van der Waals surface area contributed by atoms with Crippen LogP contribution in [0.25, 0.3) is 0 Å². The molecule has 7 heteroatoms. The number of aromatic nitrogens is 1. The van der Waals surface area contributed by atoms with Crippen molar-refractivity contribution in [2.45, 2.75) is 38.8 Å². The van der Waals surface area contributed by atoms with Gasteiger partial charge in [-0.2, -0.15) is 0 Å². The van der Waals surface area contributed by atoms with Crippen molar-refractivity contribution in [1.82, 2.24) is 9.88 Å². The fraction of sp³-hybridized carbons (Fsp3) is 0.533. The highest BCUT2D eigenvalue weighted by atomic mass is 35.5. The van der Waals surface area contributed by atoms with Crippen molar-refractivity contribution in [3.05, 3.63) is 22.8 Å². The molecule has 1 heterocycles. The second-order valence-electron chi connectivity index (χ2n) is 6.00. The molecule has 0 radical (unpaired) electrons. The predicted molar refractivity (Wildman–Crippen MR) is 83.2 cm³/mol. The lowest BCUT2D eigenvalue weighted by atomic mass is 9.93. The lowest BCUT2D eigenvalue weighted by Crippen LogP contribution is -2.48. The van der Waals surface area contributed by atoms with Crippen molar-refractivity contribution in [3.8, 4) is 5.88 Å². The molecule has 1 atom stereocenters. The van der Waals surface area contributed by atoms with Gasteiger partial charge >= 0.3 is 6.09 Å². The maximum absolute atomic E-state index is 12.3. The molecule has 0 bridgehead atoms. The summed E-state index contributed by atoms with van der Waals surface area (Å²) in [5.41, 5.74) is -1.55. The van der Waals surface area contributed by atoms with Crippen LogP contribution in [0, 0.1) is 0 Å². The van der Waals surface area contributed by atoms with Crippen LogP contribution in [0.4, 0.5) is 4.79 Å². The van der Waals surface area contributed by atoms with Gasteiger partial charge in [0, 0.05) is 12.6 Å². The Bertz CT molecular complexity index is 571. The second kappa shape index (κ2) is 6.52. The number of amides is 1. The van der Waals surface area contributed by atoms with E-state index in [9.17, 15) is 9.59 Å². The number of ether oxygens (including phenoxy) is 2. The van der Waals surface area contributed by atoms with E-state index in [1.165, 1.54) is 25.1 Å². The van der Waals surface area contributed by atoms with E-state index in [1.807, 2.05) is 0 Å². The molecule has 0 fully saturated rings. The van der Waals surface area contributed by atoms with E-state index in [-0.39, 0.29) is 11.0 Å². The molecule has 0 aromatic carbocycles. The molecular formula is C15H21ClN2O4. The number of carbonyl (C=O) groups is 2.